The normalized spacial score (nSPS) is 17.4. The molecule has 2 N–H and O–H groups in total. The van der Waals surface area contributed by atoms with Crippen LogP contribution in [0.25, 0.3) is 0 Å². The highest BCUT2D eigenvalue weighted by Gasteiger charge is 2.55. The summed E-state index contributed by atoms with van der Waals surface area (Å²) in [6.45, 7) is 0. The van der Waals surface area contributed by atoms with E-state index < -0.39 is 34.3 Å². The molecule has 1 atom stereocenters. The summed E-state index contributed by atoms with van der Waals surface area (Å²) in [5.74, 6) is -4.56. The predicted octanol–water partition coefficient (Wildman–Crippen LogP) is -0.773. The Morgan fingerprint density at radius 3 is 1.93 bits per heavy atom. The molecule has 10 heteroatoms. The van der Waals surface area contributed by atoms with Crippen LogP contribution in [0.3, 0.4) is 0 Å². The number of rotatable bonds is 4. The van der Waals surface area contributed by atoms with Gasteiger partial charge in [0, 0.05) is 14.1 Å². The standard InChI is InChI=1S/C18H20N2O8/c1-19-13-12(16(22)20(2)17(19)23)18(24,25)11(14(13)21)8-6-9(26-3)15(28-5)10(7-8)27-4/h6-7,11,24-25H,1-5H3/t11-/m0/s1. The van der Waals surface area contributed by atoms with Gasteiger partial charge in [-0.3, -0.25) is 18.7 Å². The fourth-order valence-corrected chi connectivity index (χ4v) is 3.58. The fourth-order valence-electron chi connectivity index (χ4n) is 3.58. The first-order chi connectivity index (χ1) is 13.1. The molecule has 0 fully saturated rings. The summed E-state index contributed by atoms with van der Waals surface area (Å²) >= 11 is 0. The van der Waals surface area contributed by atoms with Gasteiger partial charge >= 0.3 is 5.69 Å². The van der Waals surface area contributed by atoms with E-state index in [4.69, 9.17) is 14.2 Å². The summed E-state index contributed by atoms with van der Waals surface area (Å²) in [5, 5.41) is 21.6. The van der Waals surface area contributed by atoms with Crippen LogP contribution in [0.15, 0.2) is 21.7 Å². The van der Waals surface area contributed by atoms with Crippen molar-refractivity contribution in [2.24, 2.45) is 14.1 Å². The number of ketones is 1. The molecule has 1 aliphatic carbocycles. The lowest BCUT2D eigenvalue weighted by Crippen LogP contribution is -2.44. The van der Waals surface area contributed by atoms with Gasteiger partial charge in [0.1, 0.15) is 17.2 Å². The molecule has 3 rings (SSSR count). The minimum atomic E-state index is -2.84. The Morgan fingerprint density at radius 2 is 1.46 bits per heavy atom. The minimum absolute atomic E-state index is 0.121. The van der Waals surface area contributed by atoms with Gasteiger partial charge < -0.3 is 24.4 Å². The van der Waals surface area contributed by atoms with Gasteiger partial charge in [0.15, 0.2) is 17.3 Å². The molecule has 150 valence electrons. The van der Waals surface area contributed by atoms with Gasteiger partial charge in [-0.05, 0) is 17.7 Å². The number of aliphatic hydroxyl groups is 2. The molecule has 10 nitrogen and oxygen atoms in total. The number of benzene rings is 1. The highest BCUT2D eigenvalue weighted by molar-refractivity contribution is 6.05. The molecule has 1 aliphatic rings. The molecular weight excluding hydrogens is 372 g/mol. The third-order valence-corrected chi connectivity index (χ3v) is 4.95. The van der Waals surface area contributed by atoms with Crippen LogP contribution in [0.4, 0.5) is 0 Å². The topological polar surface area (TPSA) is 129 Å². The molecule has 0 aliphatic heterocycles. The van der Waals surface area contributed by atoms with Crippen molar-refractivity contribution < 1.29 is 29.2 Å². The number of carbonyl (C=O) groups excluding carboxylic acids is 1. The summed E-state index contributed by atoms with van der Waals surface area (Å²) in [6.07, 6.45) is 0. The van der Waals surface area contributed by atoms with Crippen molar-refractivity contribution in [3.05, 3.63) is 49.8 Å². The molecule has 1 aromatic heterocycles. The number of Topliss-reactive ketones (excluding diaryl/α,β-unsaturated/α-hetero) is 1. The number of ether oxygens (including phenoxy) is 3. The van der Waals surface area contributed by atoms with Crippen LogP contribution in [-0.2, 0) is 19.9 Å². The van der Waals surface area contributed by atoms with E-state index in [1.54, 1.807) is 0 Å². The minimum Gasteiger partial charge on any atom is -0.493 e. The van der Waals surface area contributed by atoms with Crippen molar-refractivity contribution in [1.82, 2.24) is 9.13 Å². The Labute approximate surface area is 159 Å². The fraction of sp³-hybridized carbons (Fsp3) is 0.389. The molecule has 2 aromatic rings. The molecule has 0 bridgehead atoms. The van der Waals surface area contributed by atoms with Gasteiger partial charge in [-0.1, -0.05) is 0 Å². The zero-order valence-corrected chi connectivity index (χ0v) is 16.0. The van der Waals surface area contributed by atoms with Crippen LogP contribution in [0.1, 0.15) is 27.5 Å². The van der Waals surface area contributed by atoms with E-state index >= 15 is 0 Å². The third kappa shape index (κ3) is 2.45. The molecule has 28 heavy (non-hydrogen) atoms. The molecule has 0 saturated carbocycles. The van der Waals surface area contributed by atoms with Gasteiger partial charge in [-0.25, -0.2) is 4.79 Å². The lowest BCUT2D eigenvalue weighted by Gasteiger charge is -2.24. The number of carbonyl (C=O) groups is 1. The molecule has 1 heterocycles. The van der Waals surface area contributed by atoms with Crippen LogP contribution in [0, 0.1) is 0 Å². The van der Waals surface area contributed by atoms with Gasteiger partial charge in [-0.2, -0.15) is 0 Å². The second kappa shape index (κ2) is 6.50. The van der Waals surface area contributed by atoms with Crippen LogP contribution < -0.4 is 25.5 Å². The first-order valence-electron chi connectivity index (χ1n) is 8.21. The third-order valence-electron chi connectivity index (χ3n) is 4.95. The molecule has 0 amide bonds. The predicted molar refractivity (Wildman–Crippen MR) is 96.2 cm³/mol. The summed E-state index contributed by atoms with van der Waals surface area (Å²) in [4.78, 5) is 37.8. The van der Waals surface area contributed by atoms with E-state index in [9.17, 15) is 24.6 Å². The number of hydrogen-bond acceptors (Lipinski definition) is 8. The highest BCUT2D eigenvalue weighted by Crippen LogP contribution is 2.47. The number of fused-ring (bicyclic) bond motifs is 1. The lowest BCUT2D eigenvalue weighted by molar-refractivity contribution is -0.174. The van der Waals surface area contributed by atoms with Crippen molar-refractivity contribution in [3.63, 3.8) is 0 Å². The number of hydrogen-bond donors (Lipinski definition) is 2. The lowest BCUT2D eigenvalue weighted by atomic mass is 9.90. The smallest absolute Gasteiger partial charge is 0.331 e. The molecule has 1 aromatic carbocycles. The number of aromatic nitrogens is 2. The maximum atomic E-state index is 13.1. The van der Waals surface area contributed by atoms with E-state index in [0.717, 1.165) is 4.57 Å². The average molecular weight is 392 g/mol. The first kappa shape index (κ1) is 19.6. The second-order valence-corrected chi connectivity index (χ2v) is 6.41. The Bertz CT molecular complexity index is 1070. The highest BCUT2D eigenvalue weighted by atomic mass is 16.5. The monoisotopic (exact) mass is 392 g/mol. The summed E-state index contributed by atoms with van der Waals surface area (Å²) in [5.41, 5.74) is -2.49. The Morgan fingerprint density at radius 1 is 0.929 bits per heavy atom. The maximum absolute atomic E-state index is 13.1. The van der Waals surface area contributed by atoms with Crippen molar-refractivity contribution in [3.8, 4) is 17.2 Å². The van der Waals surface area contributed by atoms with Gasteiger partial charge in [0.25, 0.3) is 5.56 Å². The van der Waals surface area contributed by atoms with E-state index in [2.05, 4.69) is 0 Å². The van der Waals surface area contributed by atoms with Gasteiger partial charge in [-0.15, -0.1) is 0 Å². The maximum Gasteiger partial charge on any atom is 0.331 e. The van der Waals surface area contributed by atoms with Crippen molar-refractivity contribution in [1.29, 1.82) is 0 Å². The molecule has 0 unspecified atom stereocenters. The first-order valence-corrected chi connectivity index (χ1v) is 8.21. The van der Waals surface area contributed by atoms with Crippen LogP contribution >= 0.6 is 0 Å². The summed E-state index contributed by atoms with van der Waals surface area (Å²) in [6, 6.07) is 2.78. The molecule has 0 spiro atoms. The molecule has 0 saturated heterocycles. The number of nitrogens with zero attached hydrogens (tertiary/aromatic N) is 2. The van der Waals surface area contributed by atoms with Crippen LogP contribution in [0.2, 0.25) is 0 Å². The zero-order chi connectivity index (χ0) is 21.0. The van der Waals surface area contributed by atoms with Gasteiger partial charge in [0.2, 0.25) is 11.5 Å². The largest absolute Gasteiger partial charge is 0.493 e. The summed E-state index contributed by atoms with van der Waals surface area (Å²) in [7, 11) is 6.62. The van der Waals surface area contributed by atoms with Crippen molar-refractivity contribution in [2.45, 2.75) is 11.7 Å². The van der Waals surface area contributed by atoms with Crippen LogP contribution in [-0.4, -0.2) is 46.5 Å². The Balaban J connectivity index is 2.33. The Hall–Kier alpha value is -3.11. The SMILES string of the molecule is COc1cc([C@H]2C(=O)c3c(c(=O)n(C)c(=O)n3C)C2(O)O)cc(OC)c1OC. The van der Waals surface area contributed by atoms with Crippen LogP contribution in [0.5, 0.6) is 17.2 Å². The quantitative estimate of drug-likeness (QED) is 0.649. The molecule has 0 radical (unpaired) electrons. The zero-order valence-electron chi connectivity index (χ0n) is 16.0. The van der Waals surface area contributed by atoms with E-state index in [1.807, 2.05) is 0 Å². The van der Waals surface area contributed by atoms with Gasteiger partial charge in [0.05, 0.1) is 21.3 Å². The number of methoxy groups -OCH3 is 3. The molecular formula is C18H20N2O8. The average Bonchev–Trinajstić information content (AvgIpc) is 2.88. The Kier molecular flexibility index (Phi) is 4.56. The van der Waals surface area contributed by atoms with Crippen molar-refractivity contribution in [2.75, 3.05) is 21.3 Å². The summed E-state index contributed by atoms with van der Waals surface area (Å²) < 4.78 is 17.4. The van der Waals surface area contributed by atoms with E-state index in [1.165, 1.54) is 47.6 Å². The van der Waals surface area contributed by atoms with E-state index in [-0.39, 0.29) is 28.5 Å². The van der Waals surface area contributed by atoms with Crippen molar-refractivity contribution >= 4 is 5.78 Å². The van der Waals surface area contributed by atoms with E-state index in [0.29, 0.717) is 4.57 Å². The second-order valence-electron chi connectivity index (χ2n) is 6.41.